The Labute approximate surface area is 151 Å². The van der Waals surface area contributed by atoms with E-state index in [1.54, 1.807) is 30.3 Å². The number of hydrogen-bond donors (Lipinski definition) is 3. The Morgan fingerprint density at radius 2 is 1.35 bits per heavy atom. The Bertz CT molecular complexity index is 1090. The monoisotopic (exact) mass is 342 g/mol. The molecule has 0 saturated heterocycles. The SMILES string of the molecule is Oc1ccc(-c2cc(O)c3cccc(O)c3c2)cc1Cc1ccccc1. The normalized spacial score (nSPS) is 10.9. The molecule has 0 atom stereocenters. The average molecular weight is 342 g/mol. The van der Waals surface area contributed by atoms with Crippen LogP contribution in [0.4, 0.5) is 0 Å². The molecule has 0 bridgehead atoms. The van der Waals surface area contributed by atoms with Crippen LogP contribution >= 0.6 is 0 Å². The van der Waals surface area contributed by atoms with Gasteiger partial charge in [0.2, 0.25) is 0 Å². The molecule has 0 aliphatic rings. The third-order valence-electron chi connectivity index (χ3n) is 4.60. The van der Waals surface area contributed by atoms with Gasteiger partial charge in [-0.25, -0.2) is 0 Å². The molecule has 0 amide bonds. The summed E-state index contributed by atoms with van der Waals surface area (Å²) in [5, 5.41) is 31.9. The lowest BCUT2D eigenvalue weighted by molar-refractivity contribution is 0.469. The van der Waals surface area contributed by atoms with Crippen molar-refractivity contribution >= 4 is 10.8 Å². The topological polar surface area (TPSA) is 60.7 Å². The van der Waals surface area contributed by atoms with E-state index in [1.807, 2.05) is 48.5 Å². The summed E-state index contributed by atoms with van der Waals surface area (Å²) >= 11 is 0. The summed E-state index contributed by atoms with van der Waals surface area (Å²) in [5.74, 6) is 0.486. The van der Waals surface area contributed by atoms with Crippen molar-refractivity contribution in [1.29, 1.82) is 0 Å². The van der Waals surface area contributed by atoms with Crippen LogP contribution in [0.15, 0.2) is 78.9 Å². The first-order chi connectivity index (χ1) is 12.6. The van der Waals surface area contributed by atoms with Gasteiger partial charge in [0.25, 0.3) is 0 Å². The van der Waals surface area contributed by atoms with Crippen molar-refractivity contribution in [2.45, 2.75) is 6.42 Å². The summed E-state index contributed by atoms with van der Waals surface area (Å²) in [6, 6.07) is 23.9. The maximum absolute atomic E-state index is 10.3. The lowest BCUT2D eigenvalue weighted by Gasteiger charge is -2.11. The van der Waals surface area contributed by atoms with E-state index >= 15 is 0 Å². The molecule has 0 aromatic heterocycles. The molecule has 0 fully saturated rings. The summed E-state index contributed by atoms with van der Waals surface area (Å²) in [7, 11) is 0. The standard InChI is InChI=1S/C23H18O3/c24-21-10-9-16(12-18(21)11-15-5-2-1-3-6-15)17-13-20-19(23(26)14-17)7-4-8-22(20)25/h1-10,12-14,24-26H,11H2. The highest BCUT2D eigenvalue weighted by atomic mass is 16.3. The summed E-state index contributed by atoms with van der Waals surface area (Å²) < 4.78 is 0. The van der Waals surface area contributed by atoms with Gasteiger partial charge in [-0.15, -0.1) is 0 Å². The van der Waals surface area contributed by atoms with Crippen molar-refractivity contribution in [3.05, 3.63) is 90.0 Å². The van der Waals surface area contributed by atoms with E-state index in [2.05, 4.69) is 0 Å². The van der Waals surface area contributed by atoms with Crippen molar-refractivity contribution < 1.29 is 15.3 Å². The zero-order valence-corrected chi connectivity index (χ0v) is 14.1. The lowest BCUT2D eigenvalue weighted by Crippen LogP contribution is -1.90. The molecule has 3 nitrogen and oxygen atoms in total. The molecule has 4 rings (SSSR count). The predicted octanol–water partition coefficient (Wildman–Crippen LogP) is 5.21. The quantitative estimate of drug-likeness (QED) is 0.479. The van der Waals surface area contributed by atoms with Crippen molar-refractivity contribution in [3.63, 3.8) is 0 Å². The van der Waals surface area contributed by atoms with Gasteiger partial charge < -0.3 is 15.3 Å². The molecule has 26 heavy (non-hydrogen) atoms. The van der Waals surface area contributed by atoms with Crippen LogP contribution in [-0.4, -0.2) is 15.3 Å². The highest BCUT2D eigenvalue weighted by Crippen LogP contribution is 2.37. The fourth-order valence-corrected chi connectivity index (χ4v) is 3.24. The Balaban J connectivity index is 1.80. The zero-order valence-electron chi connectivity index (χ0n) is 14.1. The summed E-state index contributed by atoms with van der Waals surface area (Å²) in [4.78, 5) is 0. The molecule has 0 radical (unpaired) electrons. The minimum absolute atomic E-state index is 0.117. The molecule has 0 saturated carbocycles. The fourth-order valence-electron chi connectivity index (χ4n) is 3.24. The molecule has 0 aliphatic carbocycles. The Morgan fingerprint density at radius 1 is 0.538 bits per heavy atom. The smallest absolute Gasteiger partial charge is 0.124 e. The van der Waals surface area contributed by atoms with Crippen LogP contribution in [0.25, 0.3) is 21.9 Å². The second kappa shape index (κ2) is 6.45. The first-order valence-corrected chi connectivity index (χ1v) is 8.43. The minimum Gasteiger partial charge on any atom is -0.508 e. The van der Waals surface area contributed by atoms with Crippen molar-refractivity contribution in [3.8, 4) is 28.4 Å². The molecule has 4 aromatic rings. The molecule has 0 unspecified atom stereocenters. The molecule has 3 N–H and O–H groups in total. The highest BCUT2D eigenvalue weighted by molar-refractivity contribution is 5.96. The maximum Gasteiger partial charge on any atom is 0.124 e. The second-order valence-electron chi connectivity index (χ2n) is 6.37. The number of rotatable bonds is 3. The van der Waals surface area contributed by atoms with E-state index < -0.39 is 0 Å². The second-order valence-corrected chi connectivity index (χ2v) is 6.37. The predicted molar refractivity (Wildman–Crippen MR) is 104 cm³/mol. The largest absolute Gasteiger partial charge is 0.508 e. The average Bonchev–Trinajstić information content (AvgIpc) is 2.65. The van der Waals surface area contributed by atoms with E-state index in [0.717, 1.165) is 22.3 Å². The van der Waals surface area contributed by atoms with Crippen LogP contribution in [-0.2, 0) is 6.42 Å². The number of benzene rings is 4. The molecule has 128 valence electrons. The van der Waals surface area contributed by atoms with E-state index in [-0.39, 0.29) is 17.2 Å². The van der Waals surface area contributed by atoms with Crippen LogP contribution in [0.5, 0.6) is 17.2 Å². The highest BCUT2D eigenvalue weighted by Gasteiger charge is 2.10. The molecule has 4 aromatic carbocycles. The molecular weight excluding hydrogens is 324 g/mol. The van der Waals surface area contributed by atoms with Crippen LogP contribution in [0.2, 0.25) is 0 Å². The Kier molecular flexibility index (Phi) is 3.98. The fraction of sp³-hybridized carbons (Fsp3) is 0.0435. The molecular formula is C23H18O3. The van der Waals surface area contributed by atoms with Crippen LogP contribution in [0.1, 0.15) is 11.1 Å². The number of aromatic hydroxyl groups is 3. The van der Waals surface area contributed by atoms with Crippen molar-refractivity contribution in [2.24, 2.45) is 0 Å². The van der Waals surface area contributed by atoms with Gasteiger partial charge >= 0.3 is 0 Å². The number of phenolic OH excluding ortho intramolecular Hbond substituents is 3. The van der Waals surface area contributed by atoms with Gasteiger partial charge in [-0.3, -0.25) is 0 Å². The summed E-state index contributed by atoms with van der Waals surface area (Å²) in [6.45, 7) is 0. The van der Waals surface area contributed by atoms with Gasteiger partial charge in [-0.1, -0.05) is 48.5 Å². The first-order valence-electron chi connectivity index (χ1n) is 8.43. The summed E-state index contributed by atoms with van der Waals surface area (Å²) in [5.41, 5.74) is 3.57. The van der Waals surface area contributed by atoms with E-state index in [0.29, 0.717) is 17.2 Å². The van der Waals surface area contributed by atoms with Crippen molar-refractivity contribution in [1.82, 2.24) is 0 Å². The number of phenols is 3. The van der Waals surface area contributed by atoms with Gasteiger partial charge in [0.05, 0.1) is 0 Å². The van der Waals surface area contributed by atoms with E-state index in [4.69, 9.17) is 0 Å². The number of fused-ring (bicyclic) bond motifs is 1. The van der Waals surface area contributed by atoms with Crippen LogP contribution in [0, 0.1) is 0 Å². The maximum atomic E-state index is 10.3. The van der Waals surface area contributed by atoms with Crippen LogP contribution < -0.4 is 0 Å². The van der Waals surface area contributed by atoms with E-state index in [1.165, 1.54) is 0 Å². The van der Waals surface area contributed by atoms with Crippen molar-refractivity contribution in [2.75, 3.05) is 0 Å². The van der Waals surface area contributed by atoms with Gasteiger partial charge in [-0.2, -0.15) is 0 Å². The van der Waals surface area contributed by atoms with Gasteiger partial charge in [0, 0.05) is 17.2 Å². The third kappa shape index (κ3) is 2.95. The van der Waals surface area contributed by atoms with Gasteiger partial charge in [0.1, 0.15) is 17.2 Å². The molecule has 0 heterocycles. The van der Waals surface area contributed by atoms with Crippen LogP contribution in [0.3, 0.4) is 0 Å². The van der Waals surface area contributed by atoms with Gasteiger partial charge in [-0.05, 0) is 52.6 Å². The Hall–Kier alpha value is -3.46. The van der Waals surface area contributed by atoms with E-state index in [9.17, 15) is 15.3 Å². The Morgan fingerprint density at radius 3 is 2.15 bits per heavy atom. The molecule has 0 aliphatic heterocycles. The molecule has 3 heteroatoms. The lowest BCUT2D eigenvalue weighted by atomic mass is 9.96. The summed E-state index contributed by atoms with van der Waals surface area (Å²) in [6.07, 6.45) is 0.616. The minimum atomic E-state index is 0.117. The zero-order chi connectivity index (χ0) is 18.1. The first kappa shape index (κ1) is 16.0. The number of hydrogen-bond acceptors (Lipinski definition) is 3. The van der Waals surface area contributed by atoms with Gasteiger partial charge in [0.15, 0.2) is 0 Å². The molecule has 0 spiro atoms. The third-order valence-corrected chi connectivity index (χ3v) is 4.60.